The van der Waals surface area contributed by atoms with Crippen LogP contribution in [0.25, 0.3) is 0 Å². The van der Waals surface area contributed by atoms with Crippen molar-refractivity contribution in [1.82, 2.24) is 9.97 Å². The number of rotatable bonds is 4. The van der Waals surface area contributed by atoms with E-state index in [1.807, 2.05) is 0 Å². The lowest BCUT2D eigenvalue weighted by Gasteiger charge is -2.06. The summed E-state index contributed by atoms with van der Waals surface area (Å²) in [6, 6.07) is 0. The zero-order valence-electron chi connectivity index (χ0n) is 9.40. The molecule has 2 N–H and O–H groups in total. The molecule has 1 unspecified atom stereocenters. The van der Waals surface area contributed by atoms with Gasteiger partial charge in [0.05, 0.1) is 12.3 Å². The van der Waals surface area contributed by atoms with Crippen molar-refractivity contribution in [2.24, 2.45) is 0 Å². The first kappa shape index (κ1) is 12.2. The Morgan fingerprint density at radius 3 is 2.62 bits per heavy atom. The van der Waals surface area contributed by atoms with Crippen LogP contribution >= 0.6 is 0 Å². The molecule has 1 rings (SSSR count). The summed E-state index contributed by atoms with van der Waals surface area (Å²) in [7, 11) is 0. The summed E-state index contributed by atoms with van der Waals surface area (Å²) in [5, 5.41) is 8.82. The number of hydrogen-bond donors (Lipinski definition) is 2. The van der Waals surface area contributed by atoms with Crippen LogP contribution in [0.15, 0.2) is 0 Å². The number of hydrogen-bond acceptors (Lipinski definition) is 4. The number of ether oxygens (including phenoxy) is 1. The summed E-state index contributed by atoms with van der Waals surface area (Å²) in [4.78, 5) is 28.8. The van der Waals surface area contributed by atoms with Crippen LogP contribution in [0.2, 0.25) is 0 Å². The van der Waals surface area contributed by atoms with Crippen LogP contribution in [0.5, 0.6) is 0 Å². The van der Waals surface area contributed by atoms with Crippen LogP contribution in [0.4, 0.5) is 0 Å². The van der Waals surface area contributed by atoms with Gasteiger partial charge in [-0.05, 0) is 20.8 Å². The topological polar surface area (TPSA) is 92.3 Å². The number of aromatic nitrogens is 2. The molecule has 0 radical (unpaired) electrons. The highest BCUT2D eigenvalue weighted by Gasteiger charge is 2.22. The average Bonchev–Trinajstić information content (AvgIpc) is 2.59. The van der Waals surface area contributed by atoms with Gasteiger partial charge >= 0.3 is 11.9 Å². The van der Waals surface area contributed by atoms with Crippen LogP contribution < -0.4 is 0 Å². The van der Waals surface area contributed by atoms with E-state index in [0.717, 1.165) is 0 Å². The molecule has 0 saturated carbocycles. The van der Waals surface area contributed by atoms with Gasteiger partial charge in [0, 0.05) is 0 Å². The highest BCUT2D eigenvalue weighted by Crippen LogP contribution is 2.15. The number of H-pyrrole nitrogens is 1. The molecule has 88 valence electrons. The number of nitrogens with one attached hydrogen (secondary N) is 1. The van der Waals surface area contributed by atoms with Gasteiger partial charge in [0.2, 0.25) is 0 Å². The first-order chi connectivity index (χ1) is 7.47. The molecule has 0 saturated heterocycles. The molecule has 0 spiro atoms. The van der Waals surface area contributed by atoms with E-state index in [0.29, 0.717) is 11.5 Å². The Balaban J connectivity index is 2.92. The number of carbonyl (C=O) groups is 2. The number of carbonyl (C=O) groups excluding carboxylic acids is 1. The van der Waals surface area contributed by atoms with Crippen LogP contribution in [-0.2, 0) is 9.53 Å². The lowest BCUT2D eigenvalue weighted by atomic mass is 10.2. The van der Waals surface area contributed by atoms with E-state index in [1.165, 1.54) is 0 Å². The van der Waals surface area contributed by atoms with Crippen LogP contribution in [-0.4, -0.2) is 33.6 Å². The molecular formula is C10H14N2O4. The monoisotopic (exact) mass is 226 g/mol. The molecule has 6 nitrogen and oxygen atoms in total. The fraction of sp³-hybridized carbons (Fsp3) is 0.500. The summed E-state index contributed by atoms with van der Waals surface area (Å²) in [5.74, 6) is -1.79. The number of carboxylic acid groups (broad SMARTS) is 1. The van der Waals surface area contributed by atoms with E-state index in [-0.39, 0.29) is 12.3 Å². The van der Waals surface area contributed by atoms with Crippen molar-refractivity contribution in [2.45, 2.75) is 26.7 Å². The minimum Gasteiger partial charge on any atom is -0.477 e. The lowest BCUT2D eigenvalue weighted by molar-refractivity contribution is -0.144. The van der Waals surface area contributed by atoms with Crippen molar-refractivity contribution in [3.63, 3.8) is 0 Å². The highest BCUT2D eigenvalue weighted by molar-refractivity contribution is 5.87. The Kier molecular flexibility index (Phi) is 3.65. The molecule has 0 aliphatic heterocycles. The van der Waals surface area contributed by atoms with Gasteiger partial charge in [0.25, 0.3) is 0 Å². The maximum atomic E-state index is 11.4. The van der Waals surface area contributed by atoms with Gasteiger partial charge < -0.3 is 14.8 Å². The van der Waals surface area contributed by atoms with Crippen LogP contribution in [0.3, 0.4) is 0 Å². The van der Waals surface area contributed by atoms with Crippen molar-refractivity contribution < 1.29 is 19.4 Å². The third-order valence-electron chi connectivity index (χ3n) is 2.17. The summed E-state index contributed by atoms with van der Waals surface area (Å²) in [5.41, 5.74) is 0.366. The van der Waals surface area contributed by atoms with E-state index in [2.05, 4.69) is 9.97 Å². The number of aromatic carboxylic acids is 1. The molecule has 6 heteroatoms. The minimum atomic E-state index is -1.09. The number of aromatic amines is 1. The Morgan fingerprint density at radius 1 is 1.56 bits per heavy atom. The van der Waals surface area contributed by atoms with Gasteiger partial charge in [-0.2, -0.15) is 0 Å². The second-order valence-electron chi connectivity index (χ2n) is 3.36. The molecule has 0 aliphatic carbocycles. The zero-order valence-corrected chi connectivity index (χ0v) is 9.40. The predicted molar refractivity (Wildman–Crippen MR) is 55.3 cm³/mol. The Labute approximate surface area is 92.6 Å². The molecule has 1 atom stereocenters. The van der Waals surface area contributed by atoms with E-state index in [1.54, 1.807) is 20.8 Å². The van der Waals surface area contributed by atoms with E-state index in [4.69, 9.17) is 9.84 Å². The Hall–Kier alpha value is -1.85. The second kappa shape index (κ2) is 4.78. The molecule has 16 heavy (non-hydrogen) atoms. The summed E-state index contributed by atoms with van der Waals surface area (Å²) in [6.07, 6.45) is 0. The van der Waals surface area contributed by atoms with Gasteiger partial charge in [-0.25, -0.2) is 9.78 Å². The zero-order chi connectivity index (χ0) is 12.3. The van der Waals surface area contributed by atoms with Crippen LogP contribution in [0.1, 0.15) is 41.8 Å². The third kappa shape index (κ3) is 2.39. The van der Waals surface area contributed by atoms with Crippen molar-refractivity contribution in [3.8, 4) is 0 Å². The molecule has 1 aromatic heterocycles. The van der Waals surface area contributed by atoms with Crippen molar-refractivity contribution in [2.75, 3.05) is 6.61 Å². The van der Waals surface area contributed by atoms with Gasteiger partial charge in [0.1, 0.15) is 17.4 Å². The number of carboxylic acids is 1. The first-order valence-electron chi connectivity index (χ1n) is 4.93. The van der Waals surface area contributed by atoms with Crippen molar-refractivity contribution in [1.29, 1.82) is 0 Å². The number of nitrogens with zero attached hydrogens (tertiary/aromatic N) is 1. The average molecular weight is 226 g/mol. The third-order valence-corrected chi connectivity index (χ3v) is 2.17. The molecule has 0 bridgehead atoms. The largest absolute Gasteiger partial charge is 0.477 e. The van der Waals surface area contributed by atoms with Crippen molar-refractivity contribution in [3.05, 3.63) is 17.2 Å². The Bertz CT molecular complexity index is 411. The molecule has 0 fully saturated rings. The van der Waals surface area contributed by atoms with E-state index < -0.39 is 17.9 Å². The molecule has 0 aliphatic rings. The maximum absolute atomic E-state index is 11.4. The van der Waals surface area contributed by atoms with Gasteiger partial charge in [-0.15, -0.1) is 0 Å². The Morgan fingerprint density at radius 2 is 2.19 bits per heavy atom. The van der Waals surface area contributed by atoms with Gasteiger partial charge in [0.15, 0.2) is 0 Å². The number of aryl methyl sites for hydroxylation is 1. The van der Waals surface area contributed by atoms with Gasteiger partial charge in [-0.3, -0.25) is 4.79 Å². The summed E-state index contributed by atoms with van der Waals surface area (Å²) in [6.45, 7) is 5.18. The molecular weight excluding hydrogens is 212 g/mol. The smallest absolute Gasteiger partial charge is 0.354 e. The molecule has 0 aromatic carbocycles. The quantitative estimate of drug-likeness (QED) is 0.749. The molecule has 1 heterocycles. The fourth-order valence-electron chi connectivity index (χ4n) is 1.28. The first-order valence-corrected chi connectivity index (χ1v) is 4.93. The van der Waals surface area contributed by atoms with Crippen molar-refractivity contribution >= 4 is 11.9 Å². The maximum Gasteiger partial charge on any atom is 0.354 e. The van der Waals surface area contributed by atoms with Gasteiger partial charge in [-0.1, -0.05) is 0 Å². The minimum absolute atomic E-state index is 0.00569. The second-order valence-corrected chi connectivity index (χ2v) is 3.36. The van der Waals surface area contributed by atoms with E-state index >= 15 is 0 Å². The van der Waals surface area contributed by atoms with E-state index in [9.17, 15) is 9.59 Å². The number of esters is 1. The standard InChI is InChI=1S/C10H14N2O4/c1-4-16-10(15)5(2)8-11-6(3)7(12-8)9(13)14/h5H,4H2,1-3H3,(H,11,12)(H,13,14). The normalized spacial score (nSPS) is 12.2. The SMILES string of the molecule is CCOC(=O)C(C)c1nc(C)c(C(=O)O)[nH]1. The van der Waals surface area contributed by atoms with Crippen LogP contribution in [0, 0.1) is 6.92 Å². The lowest BCUT2D eigenvalue weighted by Crippen LogP contribution is -2.14. The fourth-order valence-corrected chi connectivity index (χ4v) is 1.28. The summed E-state index contributed by atoms with van der Waals surface area (Å²) < 4.78 is 4.82. The number of imidazole rings is 1. The predicted octanol–water partition coefficient (Wildman–Crippen LogP) is 1.08. The molecule has 0 amide bonds. The summed E-state index contributed by atoms with van der Waals surface area (Å²) >= 11 is 0. The molecule has 1 aromatic rings. The highest BCUT2D eigenvalue weighted by atomic mass is 16.5.